The third-order valence-corrected chi connectivity index (χ3v) is 4.71. The van der Waals surface area contributed by atoms with Gasteiger partial charge in [0.1, 0.15) is 0 Å². The Bertz CT molecular complexity index is 819. The minimum Gasteiger partial charge on any atom is -0.399 e. The molecule has 0 radical (unpaired) electrons. The summed E-state index contributed by atoms with van der Waals surface area (Å²) >= 11 is 0. The number of hydrogen-bond acceptors (Lipinski definition) is 4. The number of rotatable bonds is 3. The van der Waals surface area contributed by atoms with Crippen LogP contribution in [0.3, 0.4) is 0 Å². The van der Waals surface area contributed by atoms with Crippen molar-refractivity contribution in [2.45, 2.75) is 18.7 Å². The molecule has 0 heterocycles. The van der Waals surface area contributed by atoms with Crippen LogP contribution in [0.4, 0.5) is 11.4 Å². The highest BCUT2D eigenvalue weighted by atomic mass is 32.2. The van der Waals surface area contributed by atoms with Gasteiger partial charge in [0.2, 0.25) is 0 Å². The first-order chi connectivity index (χ1) is 9.83. The van der Waals surface area contributed by atoms with Gasteiger partial charge in [-0.05, 0) is 61.4 Å². The lowest BCUT2D eigenvalue weighted by molar-refractivity contribution is 0.600. The molecule has 2 aromatic rings. The van der Waals surface area contributed by atoms with Gasteiger partial charge in [0.15, 0.2) is 0 Å². The maximum Gasteiger partial charge on any atom is 0.262 e. The van der Waals surface area contributed by atoms with Crippen molar-refractivity contribution < 1.29 is 8.42 Å². The molecule has 0 spiro atoms. The molecule has 0 amide bonds. The Hall–Kier alpha value is -2.52. The van der Waals surface area contributed by atoms with Crippen molar-refractivity contribution in [2.75, 3.05) is 10.5 Å². The third-order valence-electron chi connectivity index (χ3n) is 3.20. The fourth-order valence-corrected chi connectivity index (χ4v) is 3.37. The summed E-state index contributed by atoms with van der Waals surface area (Å²) in [5.41, 5.74) is 8.47. The highest BCUT2D eigenvalue weighted by Crippen LogP contribution is 2.24. The van der Waals surface area contributed by atoms with E-state index in [0.717, 1.165) is 5.56 Å². The first kappa shape index (κ1) is 14.9. The Morgan fingerprint density at radius 1 is 1.14 bits per heavy atom. The summed E-state index contributed by atoms with van der Waals surface area (Å²) in [5, 5.41) is 8.73. The summed E-state index contributed by atoms with van der Waals surface area (Å²) in [6.45, 7) is 3.55. The van der Waals surface area contributed by atoms with E-state index >= 15 is 0 Å². The second-order valence-corrected chi connectivity index (χ2v) is 6.41. The molecule has 0 aliphatic carbocycles. The second-order valence-electron chi connectivity index (χ2n) is 4.76. The number of hydrogen-bond donors (Lipinski definition) is 2. The Labute approximate surface area is 124 Å². The molecule has 2 aromatic carbocycles. The van der Waals surface area contributed by atoms with E-state index in [-0.39, 0.29) is 4.90 Å². The number of nitrogen functional groups attached to an aromatic ring is 1. The minimum absolute atomic E-state index is 0.157. The van der Waals surface area contributed by atoms with Crippen LogP contribution in [0.15, 0.2) is 41.3 Å². The molecule has 6 heteroatoms. The number of nitriles is 1. The maximum absolute atomic E-state index is 12.4. The Morgan fingerprint density at radius 3 is 2.33 bits per heavy atom. The zero-order valence-electron chi connectivity index (χ0n) is 11.7. The largest absolute Gasteiger partial charge is 0.399 e. The van der Waals surface area contributed by atoms with Crippen LogP contribution in [0, 0.1) is 25.2 Å². The molecule has 0 aromatic heterocycles. The molecule has 5 nitrogen and oxygen atoms in total. The van der Waals surface area contributed by atoms with Gasteiger partial charge in [-0.15, -0.1) is 0 Å². The molecule has 21 heavy (non-hydrogen) atoms. The quantitative estimate of drug-likeness (QED) is 0.851. The number of nitrogens with zero attached hydrogens (tertiary/aromatic N) is 1. The first-order valence-electron chi connectivity index (χ1n) is 6.23. The fourth-order valence-electron chi connectivity index (χ4n) is 1.96. The van der Waals surface area contributed by atoms with E-state index in [1.165, 1.54) is 6.07 Å². The normalized spacial score (nSPS) is 10.9. The number of benzene rings is 2. The summed E-state index contributed by atoms with van der Waals surface area (Å²) in [4.78, 5) is 0.157. The van der Waals surface area contributed by atoms with Crippen molar-refractivity contribution in [3.05, 3.63) is 53.1 Å². The lowest BCUT2D eigenvalue weighted by atomic mass is 10.1. The van der Waals surface area contributed by atoms with Crippen LogP contribution >= 0.6 is 0 Å². The summed E-state index contributed by atoms with van der Waals surface area (Å²) < 4.78 is 27.4. The van der Waals surface area contributed by atoms with Gasteiger partial charge in [0.05, 0.1) is 16.5 Å². The van der Waals surface area contributed by atoms with E-state index in [0.29, 0.717) is 22.5 Å². The van der Waals surface area contributed by atoms with E-state index in [1.54, 1.807) is 37.3 Å². The number of aryl methyl sites for hydroxylation is 1. The molecule has 0 fully saturated rings. The van der Waals surface area contributed by atoms with Crippen LogP contribution in [0.25, 0.3) is 0 Å². The summed E-state index contributed by atoms with van der Waals surface area (Å²) in [6.07, 6.45) is 0. The molecule has 0 saturated carbocycles. The Balaban J connectivity index is 2.41. The number of sulfonamides is 1. The van der Waals surface area contributed by atoms with E-state index in [4.69, 9.17) is 11.0 Å². The van der Waals surface area contributed by atoms with Crippen LogP contribution in [0.2, 0.25) is 0 Å². The Morgan fingerprint density at radius 2 is 1.76 bits per heavy atom. The number of anilines is 2. The fraction of sp³-hybridized carbons (Fsp3) is 0.133. The maximum atomic E-state index is 12.4. The monoisotopic (exact) mass is 301 g/mol. The Kier molecular flexibility index (Phi) is 3.87. The summed E-state index contributed by atoms with van der Waals surface area (Å²) in [5.74, 6) is 0. The average molecular weight is 301 g/mol. The molecule has 0 bridgehead atoms. The van der Waals surface area contributed by atoms with Gasteiger partial charge < -0.3 is 5.73 Å². The smallest absolute Gasteiger partial charge is 0.262 e. The zero-order valence-corrected chi connectivity index (χ0v) is 12.5. The van der Waals surface area contributed by atoms with Gasteiger partial charge in [-0.3, -0.25) is 4.72 Å². The molecule has 108 valence electrons. The van der Waals surface area contributed by atoms with Crippen LogP contribution < -0.4 is 10.5 Å². The predicted molar refractivity (Wildman–Crippen MR) is 82.3 cm³/mol. The molecule has 0 atom stereocenters. The lowest BCUT2D eigenvalue weighted by Gasteiger charge is -2.13. The van der Waals surface area contributed by atoms with Crippen molar-refractivity contribution in [1.82, 2.24) is 0 Å². The zero-order chi connectivity index (χ0) is 15.6. The molecule has 0 aliphatic rings. The van der Waals surface area contributed by atoms with E-state index in [1.807, 2.05) is 13.0 Å². The van der Waals surface area contributed by atoms with E-state index in [2.05, 4.69) is 4.72 Å². The molecule has 3 N–H and O–H groups in total. The van der Waals surface area contributed by atoms with E-state index in [9.17, 15) is 8.42 Å². The van der Waals surface area contributed by atoms with Crippen molar-refractivity contribution in [3.8, 4) is 6.07 Å². The van der Waals surface area contributed by atoms with Crippen molar-refractivity contribution in [2.24, 2.45) is 0 Å². The van der Waals surface area contributed by atoms with E-state index < -0.39 is 10.0 Å². The van der Waals surface area contributed by atoms with Gasteiger partial charge in [-0.2, -0.15) is 5.26 Å². The topological polar surface area (TPSA) is 96.0 Å². The highest BCUT2D eigenvalue weighted by molar-refractivity contribution is 7.92. The number of nitrogens with two attached hydrogens (primary N) is 1. The molecule has 0 aliphatic heterocycles. The van der Waals surface area contributed by atoms with Crippen LogP contribution in [0.1, 0.15) is 16.7 Å². The van der Waals surface area contributed by atoms with Crippen molar-refractivity contribution in [1.29, 1.82) is 5.26 Å². The number of nitrogens with one attached hydrogen (secondary N) is 1. The lowest BCUT2D eigenvalue weighted by Crippen LogP contribution is -2.15. The van der Waals surface area contributed by atoms with Crippen molar-refractivity contribution in [3.63, 3.8) is 0 Å². The van der Waals surface area contributed by atoms with Crippen LogP contribution in [-0.4, -0.2) is 8.42 Å². The van der Waals surface area contributed by atoms with Crippen LogP contribution in [-0.2, 0) is 10.0 Å². The molecule has 0 unspecified atom stereocenters. The van der Waals surface area contributed by atoms with Gasteiger partial charge >= 0.3 is 0 Å². The van der Waals surface area contributed by atoms with Crippen LogP contribution in [0.5, 0.6) is 0 Å². The van der Waals surface area contributed by atoms with Gasteiger partial charge in [-0.1, -0.05) is 0 Å². The highest BCUT2D eigenvalue weighted by Gasteiger charge is 2.18. The third kappa shape index (κ3) is 3.15. The SMILES string of the molecule is Cc1cc(N)cc(S(=O)(=O)Nc2ccc(C#N)cc2)c1C. The van der Waals surface area contributed by atoms with Gasteiger partial charge in [0, 0.05) is 11.4 Å². The predicted octanol–water partition coefficient (Wildman–Crippen LogP) is 2.56. The molecular weight excluding hydrogens is 286 g/mol. The minimum atomic E-state index is -3.72. The van der Waals surface area contributed by atoms with Crippen molar-refractivity contribution >= 4 is 21.4 Å². The molecular formula is C15H15N3O2S. The van der Waals surface area contributed by atoms with Gasteiger partial charge in [0.25, 0.3) is 10.0 Å². The standard InChI is InChI=1S/C15H15N3O2S/c1-10-7-13(17)8-15(11(10)2)21(19,20)18-14-5-3-12(9-16)4-6-14/h3-8,18H,17H2,1-2H3. The molecule has 2 rings (SSSR count). The summed E-state index contributed by atoms with van der Waals surface area (Å²) in [7, 11) is -3.72. The second kappa shape index (κ2) is 5.46. The summed E-state index contributed by atoms with van der Waals surface area (Å²) in [6, 6.07) is 11.3. The molecule has 0 saturated heterocycles. The van der Waals surface area contributed by atoms with Gasteiger partial charge in [-0.25, -0.2) is 8.42 Å². The average Bonchev–Trinajstić information content (AvgIpc) is 2.43. The first-order valence-corrected chi connectivity index (χ1v) is 7.71.